The van der Waals surface area contributed by atoms with E-state index in [9.17, 15) is 23.6 Å². The summed E-state index contributed by atoms with van der Waals surface area (Å²) in [5.74, 6) is -1.94. The minimum atomic E-state index is -1.04. The van der Waals surface area contributed by atoms with Crippen LogP contribution in [0.25, 0.3) is 0 Å². The first-order valence-corrected chi connectivity index (χ1v) is 9.67. The molecule has 0 spiro atoms. The van der Waals surface area contributed by atoms with Gasteiger partial charge in [-0.25, -0.2) is 4.39 Å². The highest BCUT2D eigenvalue weighted by atomic mass is 32.2. The van der Waals surface area contributed by atoms with E-state index in [0.717, 1.165) is 28.4 Å². The number of hydrogen-bond acceptors (Lipinski definition) is 7. The largest absolute Gasteiger partial charge is 0.452 e. The first-order valence-electron chi connectivity index (χ1n) is 7.70. The number of amides is 3. The van der Waals surface area contributed by atoms with Gasteiger partial charge in [-0.05, 0) is 19.1 Å². The van der Waals surface area contributed by atoms with Gasteiger partial charge in [0.2, 0.25) is 5.91 Å². The fraction of sp³-hybridized carbons (Fsp3) is 0.375. The number of imide groups is 1. The van der Waals surface area contributed by atoms with Crippen molar-refractivity contribution in [2.24, 2.45) is 0 Å². The maximum atomic E-state index is 13.5. The Bertz CT molecular complexity index is 700. The molecule has 1 atom stereocenters. The van der Waals surface area contributed by atoms with Crippen molar-refractivity contribution in [2.45, 2.75) is 17.9 Å². The van der Waals surface area contributed by atoms with Crippen molar-refractivity contribution >= 4 is 46.5 Å². The number of esters is 1. The number of carbonyl (C=O) groups is 4. The van der Waals surface area contributed by atoms with Gasteiger partial charge in [-0.15, -0.1) is 11.8 Å². The molecule has 1 fully saturated rings. The molecule has 1 aliphatic rings. The first-order chi connectivity index (χ1) is 12.4. The molecule has 2 rings (SSSR count). The van der Waals surface area contributed by atoms with Crippen molar-refractivity contribution < 1.29 is 28.3 Å². The van der Waals surface area contributed by atoms with Crippen LogP contribution in [-0.2, 0) is 19.1 Å². The van der Waals surface area contributed by atoms with Crippen LogP contribution in [0.2, 0.25) is 0 Å². The fourth-order valence-corrected chi connectivity index (χ4v) is 3.49. The van der Waals surface area contributed by atoms with E-state index >= 15 is 0 Å². The van der Waals surface area contributed by atoms with Crippen molar-refractivity contribution in [2.75, 3.05) is 24.6 Å². The molecule has 1 aliphatic heterocycles. The monoisotopic (exact) mass is 400 g/mol. The lowest BCUT2D eigenvalue weighted by molar-refractivity contribution is -0.152. The number of carbonyl (C=O) groups excluding carboxylic acids is 4. The fourth-order valence-electron chi connectivity index (χ4n) is 2.01. The van der Waals surface area contributed by atoms with Crippen molar-refractivity contribution in [3.63, 3.8) is 0 Å². The average Bonchev–Trinajstić information content (AvgIpc) is 2.92. The van der Waals surface area contributed by atoms with Crippen LogP contribution in [0.15, 0.2) is 29.2 Å². The number of nitrogens with one attached hydrogen (secondary N) is 1. The maximum Gasteiger partial charge on any atom is 0.317 e. The van der Waals surface area contributed by atoms with E-state index in [2.05, 4.69) is 5.32 Å². The summed E-state index contributed by atoms with van der Waals surface area (Å²) in [7, 11) is 0. The van der Waals surface area contributed by atoms with Crippen LogP contribution >= 0.6 is 23.5 Å². The van der Waals surface area contributed by atoms with Gasteiger partial charge < -0.3 is 10.1 Å². The number of benzene rings is 1. The molecule has 26 heavy (non-hydrogen) atoms. The molecule has 140 valence electrons. The van der Waals surface area contributed by atoms with Gasteiger partial charge in [0.05, 0.1) is 11.5 Å². The number of nitrogens with zero attached hydrogens (tertiary/aromatic N) is 1. The molecule has 7 nitrogen and oxygen atoms in total. The molecule has 0 saturated carbocycles. The van der Waals surface area contributed by atoms with E-state index in [1.807, 2.05) is 0 Å². The molecule has 3 amide bonds. The Morgan fingerprint density at radius 2 is 2.12 bits per heavy atom. The zero-order valence-corrected chi connectivity index (χ0v) is 15.5. The molecular weight excluding hydrogens is 383 g/mol. The minimum Gasteiger partial charge on any atom is -0.452 e. The first kappa shape index (κ1) is 20.2. The minimum absolute atomic E-state index is 0.0697. The van der Waals surface area contributed by atoms with Gasteiger partial charge in [-0.3, -0.25) is 24.1 Å². The van der Waals surface area contributed by atoms with Crippen LogP contribution in [0.4, 0.5) is 9.18 Å². The number of halogens is 1. The Morgan fingerprint density at radius 3 is 2.77 bits per heavy atom. The van der Waals surface area contributed by atoms with Crippen LogP contribution in [0.1, 0.15) is 6.92 Å². The van der Waals surface area contributed by atoms with Crippen molar-refractivity contribution in [3.05, 3.63) is 30.1 Å². The Balaban J connectivity index is 1.69. The molecule has 1 aromatic carbocycles. The van der Waals surface area contributed by atoms with E-state index in [4.69, 9.17) is 4.74 Å². The summed E-state index contributed by atoms with van der Waals surface area (Å²) in [6, 6.07) is 6.04. The van der Waals surface area contributed by atoms with Gasteiger partial charge in [0.15, 0.2) is 6.10 Å². The van der Waals surface area contributed by atoms with Crippen molar-refractivity contribution in [1.29, 1.82) is 0 Å². The number of rotatable bonds is 8. The third-order valence-corrected chi connectivity index (χ3v) is 5.22. The van der Waals surface area contributed by atoms with E-state index in [1.54, 1.807) is 18.2 Å². The van der Waals surface area contributed by atoms with E-state index < -0.39 is 23.8 Å². The van der Waals surface area contributed by atoms with Gasteiger partial charge in [-0.2, -0.15) is 0 Å². The van der Waals surface area contributed by atoms with E-state index in [1.165, 1.54) is 13.0 Å². The summed E-state index contributed by atoms with van der Waals surface area (Å²) in [4.78, 5) is 47.9. The third-order valence-electron chi connectivity index (χ3n) is 3.33. The highest BCUT2D eigenvalue weighted by molar-refractivity contribution is 8.14. The van der Waals surface area contributed by atoms with Crippen LogP contribution < -0.4 is 5.32 Å². The standard InChI is InChI=1S/C16H17FN2O5S2/c1-10(15(22)18-6-7-19-13(20)8-26-16(19)23)24-14(21)9-25-12-5-3-2-4-11(12)17/h2-5,10H,6-9H2,1H3,(H,18,22)/t10-/m1/s1. The van der Waals surface area contributed by atoms with Gasteiger partial charge >= 0.3 is 5.97 Å². The zero-order valence-electron chi connectivity index (χ0n) is 13.9. The average molecular weight is 400 g/mol. The van der Waals surface area contributed by atoms with E-state index in [0.29, 0.717) is 4.90 Å². The van der Waals surface area contributed by atoms with Crippen LogP contribution in [0, 0.1) is 5.82 Å². The lowest BCUT2D eigenvalue weighted by Crippen LogP contribution is -2.41. The molecule has 0 aliphatic carbocycles. The summed E-state index contributed by atoms with van der Waals surface area (Å²) in [5.41, 5.74) is 0. The second-order valence-corrected chi connectivity index (χ2v) is 7.19. The molecular formula is C16H17FN2O5S2. The normalized spacial score (nSPS) is 15.1. The second-order valence-electron chi connectivity index (χ2n) is 5.24. The maximum absolute atomic E-state index is 13.5. The van der Waals surface area contributed by atoms with Crippen molar-refractivity contribution in [1.82, 2.24) is 10.2 Å². The summed E-state index contributed by atoms with van der Waals surface area (Å²) >= 11 is 1.90. The van der Waals surface area contributed by atoms with Crippen LogP contribution in [-0.4, -0.2) is 58.6 Å². The summed E-state index contributed by atoms with van der Waals surface area (Å²) in [6.45, 7) is 1.55. The lowest BCUT2D eigenvalue weighted by atomic mass is 10.3. The highest BCUT2D eigenvalue weighted by Crippen LogP contribution is 2.21. The van der Waals surface area contributed by atoms with Gasteiger partial charge in [0, 0.05) is 18.0 Å². The highest BCUT2D eigenvalue weighted by Gasteiger charge is 2.29. The predicted molar refractivity (Wildman–Crippen MR) is 95.3 cm³/mol. The molecule has 1 N–H and O–H groups in total. The lowest BCUT2D eigenvalue weighted by Gasteiger charge is -2.16. The summed E-state index contributed by atoms with van der Waals surface area (Å²) in [6.07, 6.45) is -1.04. The number of thioether (sulfide) groups is 2. The molecule has 1 aromatic rings. The SMILES string of the molecule is C[C@@H](OC(=O)CSc1ccccc1F)C(=O)NCCN1C(=O)CSC1=O. The van der Waals surface area contributed by atoms with Crippen LogP contribution in [0.5, 0.6) is 0 Å². The van der Waals surface area contributed by atoms with Crippen LogP contribution in [0.3, 0.4) is 0 Å². The molecule has 1 heterocycles. The molecule has 0 aromatic heterocycles. The van der Waals surface area contributed by atoms with E-state index in [-0.39, 0.29) is 35.7 Å². The smallest absolute Gasteiger partial charge is 0.317 e. The Morgan fingerprint density at radius 1 is 1.38 bits per heavy atom. The molecule has 0 radical (unpaired) electrons. The topological polar surface area (TPSA) is 92.8 Å². The van der Waals surface area contributed by atoms with Gasteiger partial charge in [0.25, 0.3) is 11.1 Å². The molecule has 1 saturated heterocycles. The molecule has 0 bridgehead atoms. The molecule has 0 unspecified atom stereocenters. The molecule has 10 heteroatoms. The Labute approximate surface area is 158 Å². The summed E-state index contributed by atoms with van der Waals surface area (Å²) in [5, 5.41) is 2.16. The second kappa shape index (κ2) is 9.58. The Hall–Kier alpha value is -2.07. The van der Waals surface area contributed by atoms with Crippen molar-refractivity contribution in [3.8, 4) is 0 Å². The van der Waals surface area contributed by atoms with Gasteiger partial charge in [0.1, 0.15) is 5.82 Å². The summed E-state index contributed by atoms with van der Waals surface area (Å²) < 4.78 is 18.5. The predicted octanol–water partition coefficient (Wildman–Crippen LogP) is 1.66. The Kier molecular flexibility index (Phi) is 7.46. The van der Waals surface area contributed by atoms with Gasteiger partial charge in [-0.1, -0.05) is 23.9 Å². The number of ether oxygens (including phenoxy) is 1. The zero-order chi connectivity index (χ0) is 19.1. The number of hydrogen-bond donors (Lipinski definition) is 1. The third kappa shape index (κ3) is 5.73. The quantitative estimate of drug-likeness (QED) is 0.524.